The summed E-state index contributed by atoms with van der Waals surface area (Å²) in [5.74, 6) is -0.204. The Kier molecular flexibility index (Phi) is 6.11. The van der Waals surface area contributed by atoms with Crippen molar-refractivity contribution in [1.82, 2.24) is 15.0 Å². The second kappa shape index (κ2) is 9.29. The number of para-hydroxylation sites is 1. The average molecular weight is 456 g/mol. The Labute approximate surface area is 183 Å². The summed E-state index contributed by atoms with van der Waals surface area (Å²) in [6.07, 6.45) is 7.14. The zero-order valence-electron chi connectivity index (χ0n) is 16.0. The highest BCUT2D eigenvalue weighted by molar-refractivity contribution is 9.10. The Balaban J connectivity index is 1.75. The van der Waals surface area contributed by atoms with Gasteiger partial charge < -0.3 is 0 Å². The molecule has 0 N–H and O–H groups in total. The molecule has 0 saturated heterocycles. The zero-order valence-corrected chi connectivity index (χ0v) is 17.6. The molecule has 0 aliphatic rings. The molecule has 0 radical (unpaired) electrons. The van der Waals surface area contributed by atoms with E-state index in [-0.39, 0.29) is 5.78 Å². The molecule has 0 unspecified atom stereocenters. The van der Waals surface area contributed by atoms with Crippen LogP contribution in [0.4, 0.5) is 0 Å². The van der Waals surface area contributed by atoms with E-state index in [1.54, 1.807) is 10.8 Å². The maximum absolute atomic E-state index is 12.9. The number of nitrogens with zero attached hydrogens (tertiary/aromatic N) is 3. The molecule has 0 spiro atoms. The van der Waals surface area contributed by atoms with E-state index in [1.807, 2.05) is 97.1 Å². The minimum atomic E-state index is -0.204. The Morgan fingerprint density at radius 2 is 1.37 bits per heavy atom. The molecule has 0 aliphatic heterocycles. The van der Waals surface area contributed by atoms with Gasteiger partial charge in [0.15, 0.2) is 5.69 Å². The summed E-state index contributed by atoms with van der Waals surface area (Å²) >= 11 is 3.56. The zero-order chi connectivity index (χ0) is 20.8. The Morgan fingerprint density at radius 3 is 2.03 bits per heavy atom. The first-order valence-corrected chi connectivity index (χ1v) is 10.2. The number of hydrogen-bond donors (Lipinski definition) is 0. The highest BCUT2D eigenvalue weighted by Gasteiger charge is 2.18. The number of rotatable bonds is 6. The van der Waals surface area contributed by atoms with Crippen molar-refractivity contribution in [3.05, 3.63) is 118 Å². The quantitative estimate of drug-likeness (QED) is 0.260. The molecule has 4 rings (SSSR count). The first-order chi connectivity index (χ1) is 14.7. The number of hydrogen-bond acceptors (Lipinski definition) is 3. The molecular weight excluding hydrogens is 438 g/mol. The summed E-state index contributed by atoms with van der Waals surface area (Å²) in [6, 6.07) is 27.3. The standard InChI is InChI=1S/C25H18BrN3O/c26-21-13-7-8-14-22(21)29-23(17-15-19-9-3-1-4-10-19)25(27-28-29)24(30)18-16-20-11-5-2-6-12-20/h1-18H/b17-15+,18-16+. The normalized spacial score (nSPS) is 11.4. The van der Waals surface area contributed by atoms with E-state index in [0.717, 1.165) is 21.3 Å². The maximum Gasteiger partial charge on any atom is 0.208 e. The lowest BCUT2D eigenvalue weighted by molar-refractivity contribution is 0.104. The van der Waals surface area contributed by atoms with E-state index in [1.165, 1.54) is 6.08 Å². The number of allylic oxidation sites excluding steroid dienone is 1. The third-order valence-corrected chi connectivity index (χ3v) is 5.15. The minimum absolute atomic E-state index is 0.204. The van der Waals surface area contributed by atoms with Crippen molar-refractivity contribution < 1.29 is 4.79 Å². The van der Waals surface area contributed by atoms with Crippen LogP contribution in [0.15, 0.2) is 95.5 Å². The summed E-state index contributed by atoms with van der Waals surface area (Å²) in [7, 11) is 0. The molecule has 0 bridgehead atoms. The van der Waals surface area contributed by atoms with Crippen molar-refractivity contribution in [1.29, 1.82) is 0 Å². The lowest BCUT2D eigenvalue weighted by atomic mass is 10.1. The van der Waals surface area contributed by atoms with Gasteiger partial charge in [-0.1, -0.05) is 90.2 Å². The van der Waals surface area contributed by atoms with Crippen molar-refractivity contribution >= 4 is 39.9 Å². The fourth-order valence-electron chi connectivity index (χ4n) is 2.97. The first-order valence-electron chi connectivity index (χ1n) is 9.43. The van der Waals surface area contributed by atoms with Crippen LogP contribution in [0.5, 0.6) is 0 Å². The first kappa shape index (κ1) is 19.7. The summed E-state index contributed by atoms with van der Waals surface area (Å²) < 4.78 is 2.54. The molecule has 30 heavy (non-hydrogen) atoms. The number of benzene rings is 3. The van der Waals surface area contributed by atoms with E-state index in [2.05, 4.69) is 26.2 Å². The molecule has 1 heterocycles. The maximum atomic E-state index is 12.9. The molecule has 1 aromatic heterocycles. The monoisotopic (exact) mass is 455 g/mol. The van der Waals surface area contributed by atoms with Gasteiger partial charge in [0.2, 0.25) is 5.78 Å². The van der Waals surface area contributed by atoms with E-state index >= 15 is 0 Å². The molecule has 0 saturated carbocycles. The SMILES string of the molecule is O=C(/C=C/c1ccccc1)c1nnn(-c2ccccc2Br)c1/C=C/c1ccccc1. The predicted octanol–water partition coefficient (Wildman–Crippen LogP) is 6.10. The van der Waals surface area contributed by atoms with Gasteiger partial charge in [0.25, 0.3) is 0 Å². The molecule has 0 atom stereocenters. The second-order valence-electron chi connectivity index (χ2n) is 6.54. The van der Waals surface area contributed by atoms with Crippen molar-refractivity contribution in [2.75, 3.05) is 0 Å². The molecule has 0 aliphatic carbocycles. The van der Waals surface area contributed by atoms with Crippen LogP contribution in [0.1, 0.15) is 27.3 Å². The van der Waals surface area contributed by atoms with Crippen molar-refractivity contribution in [2.45, 2.75) is 0 Å². The number of aromatic nitrogens is 3. The van der Waals surface area contributed by atoms with E-state index < -0.39 is 0 Å². The van der Waals surface area contributed by atoms with Crippen molar-refractivity contribution in [3.8, 4) is 5.69 Å². The van der Waals surface area contributed by atoms with Crippen LogP contribution in [0.25, 0.3) is 23.9 Å². The van der Waals surface area contributed by atoms with E-state index in [0.29, 0.717) is 11.4 Å². The summed E-state index contributed by atoms with van der Waals surface area (Å²) in [6.45, 7) is 0. The molecular formula is C25H18BrN3O. The van der Waals surface area contributed by atoms with Gasteiger partial charge in [-0.2, -0.15) is 0 Å². The molecule has 3 aromatic carbocycles. The van der Waals surface area contributed by atoms with Gasteiger partial charge in [-0.25, -0.2) is 4.68 Å². The van der Waals surface area contributed by atoms with E-state index in [4.69, 9.17) is 0 Å². The Morgan fingerprint density at radius 1 is 0.767 bits per heavy atom. The van der Waals surface area contributed by atoms with Crippen LogP contribution < -0.4 is 0 Å². The lowest BCUT2D eigenvalue weighted by Crippen LogP contribution is -2.03. The molecule has 146 valence electrons. The van der Waals surface area contributed by atoms with Crippen LogP contribution in [0, 0.1) is 0 Å². The van der Waals surface area contributed by atoms with Gasteiger partial charge in [-0.05, 0) is 51.3 Å². The van der Waals surface area contributed by atoms with Crippen LogP contribution in [-0.2, 0) is 0 Å². The Hall–Kier alpha value is -3.57. The minimum Gasteiger partial charge on any atom is -0.287 e. The van der Waals surface area contributed by atoms with Gasteiger partial charge in [0.1, 0.15) is 0 Å². The van der Waals surface area contributed by atoms with E-state index in [9.17, 15) is 4.79 Å². The molecule has 0 fully saturated rings. The van der Waals surface area contributed by atoms with Crippen LogP contribution >= 0.6 is 15.9 Å². The third kappa shape index (κ3) is 4.53. The molecule has 4 aromatic rings. The van der Waals surface area contributed by atoms with Crippen LogP contribution in [0.3, 0.4) is 0 Å². The molecule has 4 nitrogen and oxygen atoms in total. The highest BCUT2D eigenvalue weighted by atomic mass is 79.9. The second-order valence-corrected chi connectivity index (χ2v) is 7.39. The third-order valence-electron chi connectivity index (χ3n) is 4.48. The number of halogens is 1. The lowest BCUT2D eigenvalue weighted by Gasteiger charge is -2.06. The number of carbonyl (C=O) groups is 1. The van der Waals surface area contributed by atoms with Gasteiger partial charge >= 0.3 is 0 Å². The van der Waals surface area contributed by atoms with Crippen molar-refractivity contribution in [2.24, 2.45) is 0 Å². The fourth-order valence-corrected chi connectivity index (χ4v) is 3.42. The van der Waals surface area contributed by atoms with Gasteiger partial charge in [0, 0.05) is 4.47 Å². The predicted molar refractivity (Wildman–Crippen MR) is 124 cm³/mol. The highest BCUT2D eigenvalue weighted by Crippen LogP contribution is 2.24. The van der Waals surface area contributed by atoms with Gasteiger partial charge in [-0.3, -0.25) is 4.79 Å². The van der Waals surface area contributed by atoms with Crippen molar-refractivity contribution in [3.63, 3.8) is 0 Å². The number of ketones is 1. The fraction of sp³-hybridized carbons (Fsp3) is 0. The van der Waals surface area contributed by atoms with Crippen LogP contribution in [0.2, 0.25) is 0 Å². The average Bonchev–Trinajstić information content (AvgIpc) is 3.21. The molecule has 5 heteroatoms. The van der Waals surface area contributed by atoms with Crippen LogP contribution in [-0.4, -0.2) is 20.8 Å². The topological polar surface area (TPSA) is 47.8 Å². The number of carbonyl (C=O) groups excluding carboxylic acids is 1. The Bertz CT molecular complexity index is 1210. The smallest absolute Gasteiger partial charge is 0.208 e. The molecule has 0 amide bonds. The van der Waals surface area contributed by atoms with Gasteiger partial charge in [-0.15, -0.1) is 5.10 Å². The largest absolute Gasteiger partial charge is 0.287 e. The summed E-state index contributed by atoms with van der Waals surface area (Å²) in [4.78, 5) is 12.9. The summed E-state index contributed by atoms with van der Waals surface area (Å²) in [5.41, 5.74) is 3.70. The summed E-state index contributed by atoms with van der Waals surface area (Å²) in [5, 5.41) is 8.46. The van der Waals surface area contributed by atoms with Gasteiger partial charge in [0.05, 0.1) is 11.4 Å².